The minimum absolute atomic E-state index is 0.637. The smallest absolute Gasteiger partial charge is 0.332 e. The number of primary amides is 1. The highest BCUT2D eigenvalue weighted by atomic mass is 16.2. The van der Waals surface area contributed by atoms with E-state index in [2.05, 4.69) is 23.5 Å². The van der Waals surface area contributed by atoms with E-state index in [1.165, 1.54) is 0 Å². The van der Waals surface area contributed by atoms with Crippen molar-refractivity contribution in [1.29, 1.82) is 0 Å². The Hall–Kier alpha value is -1.32. The molecular formula is C9H17N3O. The van der Waals surface area contributed by atoms with E-state index in [4.69, 9.17) is 5.73 Å². The molecule has 0 aliphatic carbocycles. The van der Waals surface area contributed by atoms with Crippen LogP contribution in [0.5, 0.6) is 0 Å². The Morgan fingerprint density at radius 3 is 2.69 bits per heavy atom. The van der Waals surface area contributed by atoms with E-state index in [-0.39, 0.29) is 0 Å². The molecule has 0 radical (unpaired) electrons. The number of nitrogens with one attached hydrogen (secondary N) is 1. The predicted molar refractivity (Wildman–Crippen MR) is 54.5 cm³/mol. The maximum Gasteiger partial charge on any atom is 0.332 e. The summed E-state index contributed by atoms with van der Waals surface area (Å²) in [7, 11) is 0. The van der Waals surface area contributed by atoms with E-state index < -0.39 is 6.03 Å². The number of amides is 2. The Morgan fingerprint density at radius 1 is 1.54 bits per heavy atom. The number of hydrogen-bond acceptors (Lipinski definition) is 2. The Balaban J connectivity index is 3.96. The molecule has 0 aliphatic heterocycles. The first-order valence-corrected chi connectivity index (χ1v) is 4.48. The number of nitrogens with zero attached hydrogens (tertiary/aromatic N) is 1. The Morgan fingerprint density at radius 2 is 2.23 bits per heavy atom. The second-order valence-corrected chi connectivity index (χ2v) is 2.66. The standard InChI is InChI=1S/C9H17N3O/c1-3-5-6-8(4-2)7-11-12-9(10)13/h6-7H,3-5H2,1-2H3,(H3,10,12,13)/b8-6+,11-7-. The van der Waals surface area contributed by atoms with Crippen molar-refractivity contribution in [2.24, 2.45) is 10.8 Å². The van der Waals surface area contributed by atoms with Gasteiger partial charge in [0.15, 0.2) is 0 Å². The van der Waals surface area contributed by atoms with Crippen molar-refractivity contribution in [2.45, 2.75) is 33.1 Å². The number of allylic oxidation sites excluding steroid dienone is 2. The van der Waals surface area contributed by atoms with E-state index >= 15 is 0 Å². The number of hydrogen-bond donors (Lipinski definition) is 2. The van der Waals surface area contributed by atoms with Crippen LogP contribution < -0.4 is 11.2 Å². The number of carbonyl (C=O) groups excluding carboxylic acids is 1. The highest BCUT2D eigenvalue weighted by Gasteiger charge is 1.89. The van der Waals surface area contributed by atoms with Crippen molar-refractivity contribution in [2.75, 3.05) is 0 Å². The predicted octanol–water partition coefficient (Wildman–Crippen LogP) is 1.78. The Bertz CT molecular complexity index is 209. The van der Waals surface area contributed by atoms with Crippen LogP contribution in [-0.4, -0.2) is 12.2 Å². The number of nitrogens with two attached hydrogens (primary N) is 1. The van der Waals surface area contributed by atoms with Crippen LogP contribution in [-0.2, 0) is 0 Å². The van der Waals surface area contributed by atoms with Gasteiger partial charge in [0.25, 0.3) is 0 Å². The molecule has 2 amide bonds. The molecule has 0 heterocycles. The molecule has 0 rings (SSSR count). The fraction of sp³-hybridized carbons (Fsp3) is 0.556. The lowest BCUT2D eigenvalue weighted by molar-refractivity contribution is 0.249. The SMILES string of the molecule is CCC/C=C(/C=N\NC(N)=O)CC. The van der Waals surface area contributed by atoms with Crippen LogP contribution in [0.15, 0.2) is 16.8 Å². The van der Waals surface area contributed by atoms with Crippen LogP contribution in [0.4, 0.5) is 4.79 Å². The molecule has 74 valence electrons. The van der Waals surface area contributed by atoms with Gasteiger partial charge in [0.1, 0.15) is 0 Å². The van der Waals surface area contributed by atoms with Gasteiger partial charge in [-0.2, -0.15) is 5.10 Å². The lowest BCUT2D eigenvalue weighted by atomic mass is 10.2. The molecule has 0 saturated heterocycles. The molecule has 0 spiro atoms. The average Bonchev–Trinajstić information content (AvgIpc) is 2.10. The molecule has 0 aromatic carbocycles. The van der Waals surface area contributed by atoms with Crippen molar-refractivity contribution in [3.05, 3.63) is 11.6 Å². The van der Waals surface area contributed by atoms with Gasteiger partial charge in [0.05, 0.1) is 6.21 Å². The molecule has 3 N–H and O–H groups in total. The van der Waals surface area contributed by atoms with E-state index in [9.17, 15) is 4.79 Å². The monoisotopic (exact) mass is 183 g/mol. The second kappa shape index (κ2) is 7.34. The zero-order valence-corrected chi connectivity index (χ0v) is 8.21. The van der Waals surface area contributed by atoms with Crippen molar-refractivity contribution in [3.8, 4) is 0 Å². The van der Waals surface area contributed by atoms with Crippen LogP contribution >= 0.6 is 0 Å². The molecule has 0 fully saturated rings. The Labute approximate surface area is 78.9 Å². The van der Waals surface area contributed by atoms with Crippen LogP contribution in [0, 0.1) is 0 Å². The first kappa shape index (κ1) is 11.7. The maximum atomic E-state index is 10.3. The third-order valence-corrected chi connectivity index (χ3v) is 1.51. The highest BCUT2D eigenvalue weighted by Crippen LogP contribution is 2.00. The Kier molecular flexibility index (Phi) is 6.59. The van der Waals surface area contributed by atoms with Crippen molar-refractivity contribution >= 4 is 12.2 Å². The first-order valence-electron chi connectivity index (χ1n) is 4.48. The second-order valence-electron chi connectivity index (χ2n) is 2.66. The molecule has 0 unspecified atom stereocenters. The molecule has 4 heteroatoms. The first-order chi connectivity index (χ1) is 6.20. The lowest BCUT2D eigenvalue weighted by Gasteiger charge is -1.96. The molecule has 0 aromatic heterocycles. The lowest BCUT2D eigenvalue weighted by Crippen LogP contribution is -2.24. The fourth-order valence-electron chi connectivity index (χ4n) is 0.797. The molecular weight excluding hydrogens is 166 g/mol. The molecule has 0 aliphatic rings. The van der Waals surface area contributed by atoms with Gasteiger partial charge in [-0.25, -0.2) is 10.2 Å². The summed E-state index contributed by atoms with van der Waals surface area (Å²) in [4.78, 5) is 10.3. The number of carbonyl (C=O) groups is 1. The average molecular weight is 183 g/mol. The summed E-state index contributed by atoms with van der Waals surface area (Å²) >= 11 is 0. The number of hydrazone groups is 1. The zero-order chi connectivity index (χ0) is 10.1. The minimum Gasteiger partial charge on any atom is -0.350 e. The summed E-state index contributed by atoms with van der Waals surface area (Å²) in [6, 6.07) is -0.637. The summed E-state index contributed by atoms with van der Waals surface area (Å²) in [5.41, 5.74) is 8.10. The van der Waals surface area contributed by atoms with E-state index in [1.54, 1.807) is 6.21 Å². The zero-order valence-electron chi connectivity index (χ0n) is 8.21. The third kappa shape index (κ3) is 7.05. The van der Waals surface area contributed by atoms with Crippen molar-refractivity contribution in [3.63, 3.8) is 0 Å². The molecule has 13 heavy (non-hydrogen) atoms. The van der Waals surface area contributed by atoms with Gasteiger partial charge >= 0.3 is 6.03 Å². The highest BCUT2D eigenvalue weighted by molar-refractivity contribution is 5.80. The van der Waals surface area contributed by atoms with Gasteiger partial charge in [-0.05, 0) is 18.4 Å². The quantitative estimate of drug-likeness (QED) is 0.495. The van der Waals surface area contributed by atoms with Crippen LogP contribution in [0.2, 0.25) is 0 Å². The number of urea groups is 1. The van der Waals surface area contributed by atoms with Crippen LogP contribution in [0.3, 0.4) is 0 Å². The maximum absolute atomic E-state index is 10.3. The largest absolute Gasteiger partial charge is 0.350 e. The summed E-state index contributed by atoms with van der Waals surface area (Å²) in [5.74, 6) is 0. The third-order valence-electron chi connectivity index (χ3n) is 1.51. The molecule has 4 nitrogen and oxygen atoms in total. The van der Waals surface area contributed by atoms with Crippen molar-refractivity contribution in [1.82, 2.24) is 5.43 Å². The van der Waals surface area contributed by atoms with Gasteiger partial charge in [-0.3, -0.25) is 0 Å². The van der Waals surface area contributed by atoms with Crippen LogP contribution in [0.1, 0.15) is 33.1 Å². The number of rotatable bonds is 5. The summed E-state index contributed by atoms with van der Waals surface area (Å²) < 4.78 is 0. The number of unbranched alkanes of at least 4 members (excludes halogenated alkanes) is 1. The van der Waals surface area contributed by atoms with Gasteiger partial charge in [0.2, 0.25) is 0 Å². The summed E-state index contributed by atoms with van der Waals surface area (Å²) in [6.45, 7) is 4.15. The molecule has 0 aromatic rings. The van der Waals surface area contributed by atoms with Gasteiger partial charge < -0.3 is 5.73 Å². The van der Waals surface area contributed by atoms with Gasteiger partial charge in [-0.15, -0.1) is 0 Å². The summed E-state index contributed by atoms with van der Waals surface area (Å²) in [5, 5.41) is 3.68. The normalized spacial score (nSPS) is 12.0. The molecule has 0 saturated carbocycles. The molecule has 0 bridgehead atoms. The van der Waals surface area contributed by atoms with Crippen LogP contribution in [0.25, 0.3) is 0 Å². The van der Waals surface area contributed by atoms with E-state index in [0.29, 0.717) is 0 Å². The molecule has 0 atom stereocenters. The topological polar surface area (TPSA) is 67.5 Å². The van der Waals surface area contributed by atoms with E-state index in [1.807, 2.05) is 6.92 Å². The van der Waals surface area contributed by atoms with Gasteiger partial charge in [0, 0.05) is 0 Å². The van der Waals surface area contributed by atoms with E-state index in [0.717, 1.165) is 24.8 Å². The minimum atomic E-state index is -0.637. The summed E-state index contributed by atoms with van der Waals surface area (Å²) in [6.07, 6.45) is 6.78. The fourth-order valence-corrected chi connectivity index (χ4v) is 0.797. The van der Waals surface area contributed by atoms with Gasteiger partial charge in [-0.1, -0.05) is 26.3 Å². The van der Waals surface area contributed by atoms with Crippen molar-refractivity contribution < 1.29 is 4.79 Å².